The van der Waals surface area contributed by atoms with E-state index in [-0.39, 0.29) is 0 Å². The lowest BCUT2D eigenvalue weighted by Crippen LogP contribution is -2.38. The summed E-state index contributed by atoms with van der Waals surface area (Å²) >= 11 is 5.94. The van der Waals surface area contributed by atoms with Crippen LogP contribution in [0.5, 0.6) is 0 Å². The van der Waals surface area contributed by atoms with Crippen LogP contribution in [0, 0.1) is 0 Å². The van der Waals surface area contributed by atoms with E-state index in [1.165, 1.54) is 0 Å². The van der Waals surface area contributed by atoms with E-state index < -0.39 is 0 Å². The highest BCUT2D eigenvalue weighted by Gasteiger charge is 2.04. The number of hydrogen-bond donors (Lipinski definition) is 2. The fourth-order valence-electron chi connectivity index (χ4n) is 2.55. The highest BCUT2D eigenvalue weighted by atomic mass is 35.5. The average molecular weight is 387 g/mol. The molecule has 8 heteroatoms. The van der Waals surface area contributed by atoms with Crippen LogP contribution in [0.4, 0.5) is 0 Å². The minimum atomic E-state index is 0.553. The molecule has 2 N–H and O–H groups in total. The van der Waals surface area contributed by atoms with E-state index in [4.69, 9.17) is 16.0 Å². The summed E-state index contributed by atoms with van der Waals surface area (Å²) in [5.74, 6) is 2.54. The van der Waals surface area contributed by atoms with Gasteiger partial charge in [0.25, 0.3) is 0 Å². The molecule has 0 unspecified atom stereocenters. The smallest absolute Gasteiger partial charge is 0.192 e. The van der Waals surface area contributed by atoms with Gasteiger partial charge in [0.1, 0.15) is 17.9 Å². The first-order valence-electron chi connectivity index (χ1n) is 8.90. The Bertz CT molecular complexity index is 841. The monoisotopic (exact) mass is 386 g/mol. The van der Waals surface area contributed by atoms with Crippen molar-refractivity contribution in [2.75, 3.05) is 6.54 Å². The molecule has 7 nitrogen and oxygen atoms in total. The van der Waals surface area contributed by atoms with Gasteiger partial charge in [-0.1, -0.05) is 30.7 Å². The number of aromatic nitrogens is 3. The molecule has 2 heterocycles. The summed E-state index contributed by atoms with van der Waals surface area (Å²) < 4.78 is 7.41. The zero-order chi connectivity index (χ0) is 18.9. The Balaban J connectivity index is 1.59. The van der Waals surface area contributed by atoms with Crippen LogP contribution in [-0.4, -0.2) is 27.3 Å². The summed E-state index contributed by atoms with van der Waals surface area (Å²) in [5, 5.41) is 15.4. The lowest BCUT2D eigenvalue weighted by Gasteiger charge is -2.13. The fraction of sp³-hybridized carbons (Fsp3) is 0.316. The minimum absolute atomic E-state index is 0.553. The lowest BCUT2D eigenvalue weighted by molar-refractivity contribution is 0.501. The SMILES string of the molecule is CCc1nncn1CCNC(=NCc1ccc(Cl)cc1)NCc1ccco1. The maximum absolute atomic E-state index is 5.94. The van der Waals surface area contributed by atoms with Crippen molar-refractivity contribution in [3.05, 3.63) is 71.2 Å². The van der Waals surface area contributed by atoms with Crippen LogP contribution in [-0.2, 0) is 26.1 Å². The quantitative estimate of drug-likeness (QED) is 0.459. The van der Waals surface area contributed by atoms with Crippen molar-refractivity contribution < 1.29 is 4.42 Å². The molecule has 27 heavy (non-hydrogen) atoms. The number of rotatable bonds is 8. The number of benzene rings is 1. The number of nitrogens with one attached hydrogen (secondary N) is 2. The summed E-state index contributed by atoms with van der Waals surface area (Å²) in [6, 6.07) is 11.5. The van der Waals surface area contributed by atoms with Gasteiger partial charge in [0.2, 0.25) is 0 Å². The molecule has 0 radical (unpaired) electrons. The predicted molar refractivity (Wildman–Crippen MR) is 106 cm³/mol. The van der Waals surface area contributed by atoms with E-state index in [9.17, 15) is 0 Å². The molecule has 142 valence electrons. The predicted octanol–water partition coefficient (Wildman–Crippen LogP) is 3.02. The van der Waals surface area contributed by atoms with Crippen molar-refractivity contribution in [1.29, 1.82) is 0 Å². The minimum Gasteiger partial charge on any atom is -0.467 e. The number of guanidine groups is 1. The van der Waals surface area contributed by atoms with Crippen LogP contribution < -0.4 is 10.6 Å². The molecule has 0 saturated carbocycles. The first-order valence-corrected chi connectivity index (χ1v) is 9.28. The molecule has 0 aliphatic carbocycles. The molecule has 0 aliphatic rings. The van der Waals surface area contributed by atoms with Crippen molar-refractivity contribution >= 4 is 17.6 Å². The maximum atomic E-state index is 5.94. The molecule has 0 atom stereocenters. The second-order valence-corrected chi connectivity index (χ2v) is 6.38. The van der Waals surface area contributed by atoms with Gasteiger partial charge in [-0.2, -0.15) is 0 Å². The van der Waals surface area contributed by atoms with Crippen LogP contribution in [0.3, 0.4) is 0 Å². The molecular weight excluding hydrogens is 364 g/mol. The first kappa shape index (κ1) is 19.0. The molecule has 3 rings (SSSR count). The second-order valence-electron chi connectivity index (χ2n) is 5.95. The van der Waals surface area contributed by atoms with Crippen molar-refractivity contribution in [3.8, 4) is 0 Å². The molecular formula is C19H23ClN6O. The van der Waals surface area contributed by atoms with E-state index in [0.29, 0.717) is 25.6 Å². The van der Waals surface area contributed by atoms with E-state index in [1.54, 1.807) is 12.6 Å². The van der Waals surface area contributed by atoms with Crippen LogP contribution in [0.2, 0.25) is 5.02 Å². The molecule has 1 aromatic carbocycles. The van der Waals surface area contributed by atoms with Gasteiger partial charge in [-0.3, -0.25) is 0 Å². The van der Waals surface area contributed by atoms with Crippen molar-refractivity contribution in [2.45, 2.75) is 33.0 Å². The zero-order valence-corrected chi connectivity index (χ0v) is 16.0. The number of hydrogen-bond acceptors (Lipinski definition) is 4. The molecule has 0 amide bonds. The highest BCUT2D eigenvalue weighted by molar-refractivity contribution is 6.30. The maximum Gasteiger partial charge on any atom is 0.192 e. The Morgan fingerprint density at radius 1 is 1.22 bits per heavy atom. The Labute approximate surface area is 163 Å². The fourth-order valence-corrected chi connectivity index (χ4v) is 2.68. The third-order valence-corrected chi connectivity index (χ3v) is 4.25. The Hall–Kier alpha value is -2.80. The van der Waals surface area contributed by atoms with Crippen LogP contribution in [0.15, 0.2) is 58.4 Å². The second kappa shape index (κ2) is 9.78. The largest absolute Gasteiger partial charge is 0.467 e. The van der Waals surface area contributed by atoms with Crippen LogP contribution >= 0.6 is 11.6 Å². The van der Waals surface area contributed by atoms with Crippen molar-refractivity contribution in [3.63, 3.8) is 0 Å². The number of halogens is 1. The third-order valence-electron chi connectivity index (χ3n) is 4.00. The van der Waals surface area contributed by atoms with Gasteiger partial charge in [-0.05, 0) is 29.8 Å². The van der Waals surface area contributed by atoms with E-state index in [1.807, 2.05) is 41.0 Å². The van der Waals surface area contributed by atoms with E-state index in [0.717, 1.165) is 35.1 Å². The van der Waals surface area contributed by atoms with Crippen molar-refractivity contribution in [2.24, 2.45) is 4.99 Å². The van der Waals surface area contributed by atoms with Gasteiger partial charge in [0.15, 0.2) is 5.96 Å². The number of furan rings is 1. The summed E-state index contributed by atoms with van der Waals surface area (Å²) in [5.41, 5.74) is 1.09. The lowest BCUT2D eigenvalue weighted by atomic mass is 10.2. The normalized spacial score (nSPS) is 11.6. The third kappa shape index (κ3) is 5.86. The van der Waals surface area contributed by atoms with Crippen molar-refractivity contribution in [1.82, 2.24) is 25.4 Å². The molecule has 3 aromatic rings. The van der Waals surface area contributed by atoms with E-state index >= 15 is 0 Å². The topological polar surface area (TPSA) is 80.3 Å². The average Bonchev–Trinajstić information content (AvgIpc) is 3.36. The summed E-state index contributed by atoms with van der Waals surface area (Å²) in [6.45, 7) is 4.65. The van der Waals surface area contributed by atoms with Crippen LogP contribution in [0.1, 0.15) is 24.1 Å². The molecule has 0 saturated heterocycles. The molecule has 0 aliphatic heterocycles. The summed E-state index contributed by atoms with van der Waals surface area (Å²) in [7, 11) is 0. The Morgan fingerprint density at radius 2 is 2.07 bits per heavy atom. The summed E-state index contributed by atoms with van der Waals surface area (Å²) in [6.07, 6.45) is 4.27. The van der Waals surface area contributed by atoms with Gasteiger partial charge < -0.3 is 19.6 Å². The molecule has 0 bridgehead atoms. The zero-order valence-electron chi connectivity index (χ0n) is 15.2. The summed E-state index contributed by atoms with van der Waals surface area (Å²) in [4.78, 5) is 4.65. The molecule has 0 spiro atoms. The van der Waals surface area contributed by atoms with Gasteiger partial charge >= 0.3 is 0 Å². The number of aliphatic imine (C=N–C) groups is 1. The highest BCUT2D eigenvalue weighted by Crippen LogP contribution is 2.10. The van der Waals surface area contributed by atoms with Gasteiger partial charge in [0, 0.05) is 24.5 Å². The number of aryl methyl sites for hydroxylation is 1. The number of nitrogens with zero attached hydrogens (tertiary/aromatic N) is 4. The van der Waals surface area contributed by atoms with Gasteiger partial charge in [0.05, 0.1) is 19.4 Å². The first-order chi connectivity index (χ1) is 13.2. The van der Waals surface area contributed by atoms with Gasteiger partial charge in [-0.15, -0.1) is 10.2 Å². The van der Waals surface area contributed by atoms with Crippen LogP contribution in [0.25, 0.3) is 0 Å². The molecule has 0 fully saturated rings. The molecule has 2 aromatic heterocycles. The van der Waals surface area contributed by atoms with E-state index in [2.05, 4.69) is 32.7 Å². The Morgan fingerprint density at radius 3 is 2.81 bits per heavy atom. The Kier molecular flexibility index (Phi) is 6.87. The van der Waals surface area contributed by atoms with Gasteiger partial charge in [-0.25, -0.2) is 4.99 Å². The standard InChI is InChI=1S/C19H23ClN6O/c1-2-18-25-24-14-26(18)10-9-21-19(23-13-17-4-3-11-27-17)22-12-15-5-7-16(20)8-6-15/h3-8,11,14H,2,9-10,12-13H2,1H3,(H2,21,22,23).